The molecule has 1 N–H and O–H groups in total. The lowest BCUT2D eigenvalue weighted by Gasteiger charge is -2.06. The second-order valence-corrected chi connectivity index (χ2v) is 5.58. The molecule has 0 aliphatic rings. The number of aromatic nitrogens is 2. The van der Waals surface area contributed by atoms with Crippen molar-refractivity contribution in [3.63, 3.8) is 0 Å². The van der Waals surface area contributed by atoms with Gasteiger partial charge in [-0.1, -0.05) is 12.1 Å². The van der Waals surface area contributed by atoms with Gasteiger partial charge in [-0.25, -0.2) is 23.1 Å². The average Bonchev–Trinajstić information content (AvgIpc) is 2.45. The Labute approximate surface area is 118 Å². The second kappa shape index (κ2) is 5.89. The largest absolute Gasteiger partial charge is 0.289 e. The monoisotopic (exact) mass is 312 g/mol. The van der Waals surface area contributed by atoms with Crippen LogP contribution < -0.4 is 4.72 Å². The molecule has 0 unspecified atom stereocenters. The van der Waals surface area contributed by atoms with E-state index in [1.54, 1.807) is 0 Å². The van der Waals surface area contributed by atoms with E-state index in [-0.39, 0.29) is 12.4 Å². The summed E-state index contributed by atoms with van der Waals surface area (Å²) in [5.74, 6) is -0.887. The second-order valence-electron chi connectivity index (χ2n) is 3.84. The Morgan fingerprint density at radius 2 is 2.00 bits per heavy atom. The number of para-hydroxylation sites is 1. The Bertz CT molecular complexity index is 781. The molecule has 1 heterocycles. The van der Waals surface area contributed by atoms with E-state index in [9.17, 15) is 22.9 Å². The number of hydrogen-bond acceptors (Lipinski definition) is 6. The first-order valence-electron chi connectivity index (χ1n) is 5.60. The van der Waals surface area contributed by atoms with Crippen molar-refractivity contribution in [3.05, 3.63) is 58.4 Å². The van der Waals surface area contributed by atoms with Gasteiger partial charge in [0.2, 0.25) is 16.0 Å². The van der Waals surface area contributed by atoms with E-state index >= 15 is 0 Å². The fourth-order valence-corrected chi connectivity index (χ4v) is 2.68. The van der Waals surface area contributed by atoms with E-state index in [1.807, 2.05) is 0 Å². The first-order valence-corrected chi connectivity index (χ1v) is 7.09. The summed E-state index contributed by atoms with van der Waals surface area (Å²) >= 11 is 0. The van der Waals surface area contributed by atoms with E-state index in [0.717, 1.165) is 24.4 Å². The fraction of sp³-hybridized carbons (Fsp3) is 0.0909. The number of hydrogen-bond donors (Lipinski definition) is 1. The summed E-state index contributed by atoms with van der Waals surface area (Å²) in [5, 5.41) is 10.8. The highest BCUT2D eigenvalue weighted by Crippen LogP contribution is 2.22. The van der Waals surface area contributed by atoms with Crippen molar-refractivity contribution in [1.82, 2.24) is 14.7 Å². The predicted molar refractivity (Wildman–Crippen MR) is 69.1 cm³/mol. The third-order valence-corrected chi connectivity index (χ3v) is 3.89. The molecule has 10 heteroatoms. The summed E-state index contributed by atoms with van der Waals surface area (Å²) in [5.41, 5.74) is -0.551. The molecule has 8 nitrogen and oxygen atoms in total. The number of nitro benzene ring substituents is 1. The van der Waals surface area contributed by atoms with Gasteiger partial charge in [0.25, 0.3) is 5.69 Å². The third kappa shape index (κ3) is 3.55. The first kappa shape index (κ1) is 14.9. The van der Waals surface area contributed by atoms with Crippen LogP contribution in [0.3, 0.4) is 0 Å². The van der Waals surface area contributed by atoms with Gasteiger partial charge in [-0.3, -0.25) is 10.1 Å². The molecular formula is C11H9FN4O4S. The van der Waals surface area contributed by atoms with Crippen molar-refractivity contribution < 1.29 is 17.7 Å². The highest BCUT2D eigenvalue weighted by atomic mass is 32.2. The molecule has 0 fully saturated rings. The summed E-state index contributed by atoms with van der Waals surface area (Å²) in [6.07, 6.45) is 1.14. The summed E-state index contributed by atoms with van der Waals surface area (Å²) in [6.45, 7) is -0.383. The molecule has 110 valence electrons. The van der Waals surface area contributed by atoms with Gasteiger partial charge in [0, 0.05) is 18.3 Å². The summed E-state index contributed by atoms with van der Waals surface area (Å²) in [7, 11) is -4.14. The van der Waals surface area contributed by atoms with Crippen LogP contribution in [0.15, 0.2) is 41.4 Å². The standard InChI is InChI=1S/C11H9FN4O4S/c12-10-5-6-13-11(15-10)7-14-21(19,20)9-4-2-1-3-8(9)16(17)18/h1-6,14H,7H2. The Hall–Kier alpha value is -2.46. The molecular weight excluding hydrogens is 303 g/mol. The highest BCUT2D eigenvalue weighted by Gasteiger charge is 2.24. The van der Waals surface area contributed by atoms with Crippen LogP contribution in [0.1, 0.15) is 5.82 Å². The van der Waals surface area contributed by atoms with E-state index < -0.39 is 31.5 Å². The maximum Gasteiger partial charge on any atom is 0.289 e. The lowest BCUT2D eigenvalue weighted by Crippen LogP contribution is -2.25. The van der Waals surface area contributed by atoms with Crippen molar-refractivity contribution in [1.29, 1.82) is 0 Å². The minimum Gasteiger partial charge on any atom is -0.258 e. The summed E-state index contributed by atoms with van der Waals surface area (Å²) in [6, 6.07) is 5.91. The zero-order valence-electron chi connectivity index (χ0n) is 10.4. The predicted octanol–water partition coefficient (Wildman–Crippen LogP) is 1.00. The van der Waals surface area contributed by atoms with Crippen molar-refractivity contribution in [3.8, 4) is 0 Å². The fourth-order valence-electron chi connectivity index (χ4n) is 1.53. The Balaban J connectivity index is 2.25. The van der Waals surface area contributed by atoms with Crippen LogP contribution >= 0.6 is 0 Å². The number of sulfonamides is 1. The number of nitrogens with zero attached hydrogens (tertiary/aromatic N) is 3. The zero-order chi connectivity index (χ0) is 15.5. The minimum absolute atomic E-state index is 0.0860. The van der Waals surface area contributed by atoms with E-state index in [1.165, 1.54) is 12.1 Å². The van der Waals surface area contributed by atoms with Crippen LogP contribution in [0.5, 0.6) is 0 Å². The Morgan fingerprint density at radius 1 is 1.29 bits per heavy atom. The lowest BCUT2D eigenvalue weighted by atomic mass is 10.3. The van der Waals surface area contributed by atoms with E-state index in [0.29, 0.717) is 0 Å². The number of nitrogens with one attached hydrogen (secondary N) is 1. The lowest BCUT2D eigenvalue weighted by molar-refractivity contribution is -0.387. The first-order chi connectivity index (χ1) is 9.90. The maximum atomic E-state index is 12.9. The third-order valence-electron chi connectivity index (χ3n) is 2.44. The molecule has 1 aromatic heterocycles. The average molecular weight is 312 g/mol. The van der Waals surface area contributed by atoms with Gasteiger partial charge in [-0.05, 0) is 6.07 Å². The van der Waals surface area contributed by atoms with E-state index in [4.69, 9.17) is 0 Å². The molecule has 0 aliphatic heterocycles. The van der Waals surface area contributed by atoms with Gasteiger partial charge in [0.15, 0.2) is 4.90 Å². The maximum absolute atomic E-state index is 12.9. The number of benzene rings is 1. The van der Waals surface area contributed by atoms with E-state index in [2.05, 4.69) is 14.7 Å². The van der Waals surface area contributed by atoms with Gasteiger partial charge in [-0.15, -0.1) is 0 Å². The molecule has 0 aliphatic carbocycles. The van der Waals surface area contributed by atoms with Crippen molar-refractivity contribution >= 4 is 15.7 Å². The molecule has 1 aromatic carbocycles. The molecule has 0 atom stereocenters. The molecule has 0 spiro atoms. The summed E-state index contributed by atoms with van der Waals surface area (Å²) in [4.78, 5) is 16.6. The van der Waals surface area contributed by atoms with Gasteiger partial charge < -0.3 is 0 Å². The Kier molecular flexibility index (Phi) is 4.19. The van der Waals surface area contributed by atoms with Crippen LogP contribution in [0.2, 0.25) is 0 Å². The normalized spacial score (nSPS) is 11.3. The van der Waals surface area contributed by atoms with Crippen LogP contribution in [0.25, 0.3) is 0 Å². The minimum atomic E-state index is -4.14. The molecule has 0 radical (unpaired) electrons. The molecule has 2 rings (SSSR count). The Morgan fingerprint density at radius 3 is 2.67 bits per heavy atom. The number of halogens is 1. The molecule has 0 saturated carbocycles. The van der Waals surface area contributed by atoms with Crippen LogP contribution in [-0.2, 0) is 16.6 Å². The zero-order valence-corrected chi connectivity index (χ0v) is 11.2. The van der Waals surface area contributed by atoms with Gasteiger partial charge >= 0.3 is 0 Å². The topological polar surface area (TPSA) is 115 Å². The van der Waals surface area contributed by atoms with Crippen molar-refractivity contribution in [2.24, 2.45) is 0 Å². The van der Waals surface area contributed by atoms with Crippen molar-refractivity contribution in [2.75, 3.05) is 0 Å². The molecule has 21 heavy (non-hydrogen) atoms. The number of rotatable bonds is 5. The molecule has 0 bridgehead atoms. The smallest absolute Gasteiger partial charge is 0.258 e. The SMILES string of the molecule is O=[N+]([O-])c1ccccc1S(=O)(=O)NCc1nccc(F)n1. The highest BCUT2D eigenvalue weighted by molar-refractivity contribution is 7.89. The van der Waals surface area contributed by atoms with Gasteiger partial charge in [0.05, 0.1) is 11.5 Å². The van der Waals surface area contributed by atoms with Crippen molar-refractivity contribution in [2.45, 2.75) is 11.4 Å². The van der Waals surface area contributed by atoms with Crippen LogP contribution in [0.4, 0.5) is 10.1 Å². The molecule has 0 amide bonds. The quantitative estimate of drug-likeness (QED) is 0.500. The summed E-state index contributed by atoms with van der Waals surface area (Å²) < 4.78 is 39.1. The van der Waals surface area contributed by atoms with Crippen LogP contribution in [0, 0.1) is 16.1 Å². The molecule has 2 aromatic rings. The van der Waals surface area contributed by atoms with Crippen LogP contribution in [-0.4, -0.2) is 23.3 Å². The molecule has 0 saturated heterocycles. The van der Waals surface area contributed by atoms with Gasteiger partial charge in [0.1, 0.15) is 5.82 Å². The number of nitro groups is 1. The van der Waals surface area contributed by atoms with Gasteiger partial charge in [-0.2, -0.15) is 4.39 Å².